The summed E-state index contributed by atoms with van der Waals surface area (Å²) in [6, 6.07) is 4.64. The summed E-state index contributed by atoms with van der Waals surface area (Å²) in [7, 11) is -2.19. The number of ether oxygens (including phenoxy) is 1. The largest absolute Gasteiger partial charge is 0.492 e. The predicted octanol–water partition coefficient (Wildman–Crippen LogP) is 2.14. The number of benzene rings is 1. The normalized spacial score (nSPS) is 11.5. The molecule has 0 aliphatic rings. The number of sulfonamides is 1. The minimum atomic E-state index is -3.55. The fourth-order valence-corrected chi connectivity index (χ4v) is 2.58. The summed E-state index contributed by atoms with van der Waals surface area (Å²) in [5, 5.41) is 0. The van der Waals surface area contributed by atoms with E-state index in [1.807, 2.05) is 0 Å². The molecule has 0 heterocycles. The highest BCUT2D eigenvalue weighted by Gasteiger charge is 2.18. The Morgan fingerprint density at radius 1 is 1.26 bits per heavy atom. The molecule has 1 aromatic carbocycles. The van der Waals surface area contributed by atoms with Crippen LogP contribution in [0.3, 0.4) is 0 Å². The maximum atomic E-state index is 11.9. The van der Waals surface area contributed by atoms with Gasteiger partial charge in [-0.2, -0.15) is 0 Å². The van der Waals surface area contributed by atoms with Gasteiger partial charge in [-0.05, 0) is 31.7 Å². The number of unbranched alkanes of at least 4 members (excludes halogenated alkanes) is 3. The second-order valence-electron chi connectivity index (χ2n) is 4.32. The number of hydrogen-bond donors (Lipinski definition) is 2. The number of hydrogen-bond acceptors (Lipinski definition) is 4. The molecule has 3 N–H and O–H groups in total. The molecule has 0 saturated carbocycles. The fraction of sp³-hybridized carbons (Fsp3) is 0.538. The molecule has 0 spiro atoms. The van der Waals surface area contributed by atoms with Crippen molar-refractivity contribution in [2.45, 2.75) is 37.5 Å². The zero-order chi connectivity index (χ0) is 14.3. The van der Waals surface area contributed by atoms with Crippen LogP contribution in [0.2, 0.25) is 0 Å². The van der Waals surface area contributed by atoms with Gasteiger partial charge in [-0.15, -0.1) is 0 Å². The Kier molecular flexibility index (Phi) is 6.11. The van der Waals surface area contributed by atoms with Gasteiger partial charge in [-0.25, -0.2) is 13.1 Å². The molecule has 0 amide bonds. The third-order valence-corrected chi connectivity index (χ3v) is 4.22. The van der Waals surface area contributed by atoms with Crippen molar-refractivity contribution in [3.05, 3.63) is 18.2 Å². The van der Waals surface area contributed by atoms with E-state index in [1.54, 1.807) is 12.1 Å². The molecule has 0 atom stereocenters. The van der Waals surface area contributed by atoms with Gasteiger partial charge in [0, 0.05) is 5.69 Å². The zero-order valence-corrected chi connectivity index (χ0v) is 12.3. The summed E-state index contributed by atoms with van der Waals surface area (Å²) in [5.41, 5.74) is 6.02. The van der Waals surface area contributed by atoms with E-state index < -0.39 is 10.0 Å². The van der Waals surface area contributed by atoms with Crippen molar-refractivity contribution in [1.29, 1.82) is 0 Å². The predicted molar refractivity (Wildman–Crippen MR) is 76.7 cm³/mol. The third-order valence-electron chi connectivity index (χ3n) is 2.78. The SMILES string of the molecule is CCCCCCOc1ccc(N)cc1S(=O)(=O)NC. The lowest BCUT2D eigenvalue weighted by Crippen LogP contribution is -2.20. The van der Waals surface area contributed by atoms with Gasteiger partial charge >= 0.3 is 0 Å². The number of nitrogens with two attached hydrogens (primary N) is 1. The third kappa shape index (κ3) is 4.72. The van der Waals surface area contributed by atoms with Crippen molar-refractivity contribution in [2.75, 3.05) is 19.4 Å². The molecule has 0 unspecified atom stereocenters. The van der Waals surface area contributed by atoms with Crippen molar-refractivity contribution in [3.63, 3.8) is 0 Å². The van der Waals surface area contributed by atoms with Crippen molar-refractivity contribution in [2.24, 2.45) is 0 Å². The molecule has 1 aromatic rings. The first-order valence-corrected chi connectivity index (χ1v) is 7.95. The summed E-state index contributed by atoms with van der Waals surface area (Å²) in [6.45, 7) is 2.65. The molecule has 0 radical (unpaired) electrons. The highest BCUT2D eigenvalue weighted by molar-refractivity contribution is 7.89. The summed E-state index contributed by atoms with van der Waals surface area (Å²) >= 11 is 0. The van der Waals surface area contributed by atoms with Gasteiger partial charge in [0.1, 0.15) is 10.6 Å². The van der Waals surface area contributed by atoms with E-state index in [-0.39, 0.29) is 4.90 Å². The fourth-order valence-electron chi connectivity index (χ4n) is 1.67. The average Bonchev–Trinajstić information content (AvgIpc) is 2.40. The van der Waals surface area contributed by atoms with Crippen LogP contribution in [0.25, 0.3) is 0 Å². The van der Waals surface area contributed by atoms with E-state index in [0.29, 0.717) is 18.0 Å². The summed E-state index contributed by atoms with van der Waals surface area (Å²) in [5.74, 6) is 0.347. The topological polar surface area (TPSA) is 81.4 Å². The lowest BCUT2D eigenvalue weighted by atomic mass is 10.2. The van der Waals surface area contributed by atoms with Crippen LogP contribution < -0.4 is 15.2 Å². The molecule has 0 aromatic heterocycles. The van der Waals surface area contributed by atoms with Gasteiger partial charge in [0.2, 0.25) is 10.0 Å². The van der Waals surface area contributed by atoms with Gasteiger partial charge < -0.3 is 10.5 Å². The van der Waals surface area contributed by atoms with E-state index >= 15 is 0 Å². The standard InChI is InChI=1S/C13H22N2O3S/c1-3-4-5-6-9-18-12-8-7-11(14)10-13(12)19(16,17)15-2/h7-8,10,15H,3-6,9,14H2,1-2H3. The molecule has 0 bridgehead atoms. The first-order chi connectivity index (χ1) is 9.01. The quantitative estimate of drug-likeness (QED) is 0.566. The highest BCUT2D eigenvalue weighted by Crippen LogP contribution is 2.26. The van der Waals surface area contributed by atoms with Gasteiger partial charge in [0.05, 0.1) is 6.61 Å². The van der Waals surface area contributed by atoms with Gasteiger partial charge in [-0.3, -0.25) is 0 Å². The molecule has 0 saturated heterocycles. The molecular formula is C13H22N2O3S. The van der Waals surface area contributed by atoms with Crippen LogP contribution in [-0.4, -0.2) is 22.1 Å². The molecule has 0 aliphatic heterocycles. The molecule has 1 rings (SSSR count). The van der Waals surface area contributed by atoms with E-state index in [2.05, 4.69) is 11.6 Å². The molecule has 108 valence electrons. The van der Waals surface area contributed by atoms with Crippen molar-refractivity contribution in [3.8, 4) is 5.75 Å². The molecule has 0 fully saturated rings. The Bertz CT molecular complexity index is 501. The second kappa shape index (κ2) is 7.35. The van der Waals surface area contributed by atoms with E-state index in [9.17, 15) is 8.42 Å². The van der Waals surface area contributed by atoms with Crippen LogP contribution >= 0.6 is 0 Å². The summed E-state index contributed by atoms with van der Waals surface area (Å²) in [4.78, 5) is 0.0884. The molecule has 5 nitrogen and oxygen atoms in total. The van der Waals surface area contributed by atoms with Gasteiger partial charge in [-0.1, -0.05) is 26.2 Å². The molecule has 0 aliphatic carbocycles. The van der Waals surface area contributed by atoms with E-state index in [0.717, 1.165) is 25.7 Å². The zero-order valence-electron chi connectivity index (χ0n) is 11.5. The first-order valence-electron chi connectivity index (χ1n) is 6.47. The first kappa shape index (κ1) is 15.8. The molecule has 19 heavy (non-hydrogen) atoms. The van der Waals surface area contributed by atoms with Crippen LogP contribution in [0.5, 0.6) is 5.75 Å². The van der Waals surface area contributed by atoms with Gasteiger partial charge in [0.25, 0.3) is 0 Å². The van der Waals surface area contributed by atoms with Crippen LogP contribution in [0.15, 0.2) is 23.1 Å². The Balaban J connectivity index is 2.78. The van der Waals surface area contributed by atoms with Gasteiger partial charge in [0.15, 0.2) is 0 Å². The monoisotopic (exact) mass is 286 g/mol. The summed E-state index contributed by atoms with van der Waals surface area (Å²) in [6.07, 6.45) is 4.31. The minimum Gasteiger partial charge on any atom is -0.492 e. The molecular weight excluding hydrogens is 264 g/mol. The Morgan fingerprint density at radius 3 is 2.63 bits per heavy atom. The smallest absolute Gasteiger partial charge is 0.244 e. The number of nitrogens with one attached hydrogen (secondary N) is 1. The van der Waals surface area contributed by atoms with Crippen molar-refractivity contribution in [1.82, 2.24) is 4.72 Å². The van der Waals surface area contributed by atoms with Crippen molar-refractivity contribution < 1.29 is 13.2 Å². The average molecular weight is 286 g/mol. The number of nitrogen functional groups attached to an aromatic ring is 1. The maximum absolute atomic E-state index is 11.9. The summed E-state index contributed by atoms with van der Waals surface area (Å²) < 4.78 is 31.5. The Hall–Kier alpha value is -1.27. The minimum absolute atomic E-state index is 0.0884. The van der Waals surface area contributed by atoms with Crippen LogP contribution in [0.4, 0.5) is 5.69 Å². The molecule has 6 heteroatoms. The Labute approximate surface area is 115 Å². The number of anilines is 1. The lowest BCUT2D eigenvalue weighted by Gasteiger charge is -2.12. The maximum Gasteiger partial charge on any atom is 0.244 e. The highest BCUT2D eigenvalue weighted by atomic mass is 32.2. The van der Waals surface area contributed by atoms with Crippen LogP contribution in [0, 0.1) is 0 Å². The Morgan fingerprint density at radius 2 is 2.00 bits per heavy atom. The van der Waals surface area contributed by atoms with Crippen molar-refractivity contribution >= 4 is 15.7 Å². The van der Waals surface area contributed by atoms with E-state index in [1.165, 1.54) is 13.1 Å². The van der Waals surface area contributed by atoms with E-state index in [4.69, 9.17) is 10.5 Å². The number of rotatable bonds is 8. The second-order valence-corrected chi connectivity index (χ2v) is 6.18. The van der Waals surface area contributed by atoms with Crippen LogP contribution in [0.1, 0.15) is 32.6 Å². The van der Waals surface area contributed by atoms with Crippen LogP contribution in [-0.2, 0) is 10.0 Å². The lowest BCUT2D eigenvalue weighted by molar-refractivity contribution is 0.297.